The second-order valence-electron chi connectivity index (χ2n) is 6.84. The lowest BCUT2D eigenvalue weighted by atomic mass is 9.99. The van der Waals surface area contributed by atoms with E-state index in [1.54, 1.807) is 0 Å². The van der Waals surface area contributed by atoms with Crippen molar-refractivity contribution in [2.24, 2.45) is 5.92 Å². The quantitative estimate of drug-likeness (QED) is 0.807. The summed E-state index contributed by atoms with van der Waals surface area (Å²) in [6.07, 6.45) is 10.3. The van der Waals surface area contributed by atoms with Crippen molar-refractivity contribution in [2.45, 2.75) is 51.0 Å². The van der Waals surface area contributed by atoms with Gasteiger partial charge in [0.05, 0.1) is 0 Å². The third-order valence-corrected chi connectivity index (χ3v) is 5.45. The lowest BCUT2D eigenvalue weighted by Gasteiger charge is -2.39. The van der Waals surface area contributed by atoms with Gasteiger partial charge in [-0.3, -0.25) is 4.90 Å². The van der Waals surface area contributed by atoms with E-state index in [4.69, 9.17) is 0 Å². The number of piperazine rings is 1. The minimum atomic E-state index is 0. The van der Waals surface area contributed by atoms with Gasteiger partial charge in [0.1, 0.15) is 0 Å². The van der Waals surface area contributed by atoms with Crippen molar-refractivity contribution in [3.8, 4) is 0 Å². The summed E-state index contributed by atoms with van der Waals surface area (Å²) in [5, 5.41) is 3.50. The van der Waals surface area contributed by atoms with Crippen LogP contribution >= 0.6 is 12.4 Å². The minimum Gasteiger partial charge on any atom is -0.315 e. The van der Waals surface area contributed by atoms with E-state index in [1.807, 2.05) is 0 Å². The molecule has 0 aromatic heterocycles. The molecule has 20 heavy (non-hydrogen) atoms. The fraction of sp³-hybridized carbons (Fsp3) is 1.00. The monoisotopic (exact) mass is 301 g/mol. The second kappa shape index (κ2) is 8.57. The molecule has 1 atom stereocenters. The summed E-state index contributed by atoms with van der Waals surface area (Å²) >= 11 is 0. The Morgan fingerprint density at radius 1 is 0.850 bits per heavy atom. The molecule has 1 saturated carbocycles. The van der Waals surface area contributed by atoms with Gasteiger partial charge in [0.15, 0.2) is 0 Å². The van der Waals surface area contributed by atoms with Gasteiger partial charge in [-0.05, 0) is 31.7 Å². The Bertz CT molecular complexity index is 252. The minimum absolute atomic E-state index is 0. The van der Waals surface area contributed by atoms with E-state index in [0.717, 1.165) is 12.0 Å². The van der Waals surface area contributed by atoms with Crippen molar-refractivity contribution >= 4 is 12.4 Å². The zero-order valence-electron chi connectivity index (χ0n) is 12.9. The van der Waals surface area contributed by atoms with Crippen LogP contribution < -0.4 is 5.32 Å². The summed E-state index contributed by atoms with van der Waals surface area (Å²) in [4.78, 5) is 5.47. The highest BCUT2D eigenvalue weighted by atomic mass is 35.5. The van der Waals surface area contributed by atoms with Crippen LogP contribution in [0.5, 0.6) is 0 Å². The van der Waals surface area contributed by atoms with E-state index in [-0.39, 0.29) is 12.4 Å². The van der Waals surface area contributed by atoms with Crippen LogP contribution in [0.25, 0.3) is 0 Å². The number of rotatable bonds is 3. The highest BCUT2D eigenvalue weighted by molar-refractivity contribution is 5.85. The van der Waals surface area contributed by atoms with Gasteiger partial charge < -0.3 is 10.2 Å². The van der Waals surface area contributed by atoms with E-state index in [9.17, 15) is 0 Å². The van der Waals surface area contributed by atoms with Crippen molar-refractivity contribution < 1.29 is 0 Å². The lowest BCUT2D eigenvalue weighted by molar-refractivity contribution is 0.0895. The zero-order valence-corrected chi connectivity index (χ0v) is 13.7. The van der Waals surface area contributed by atoms with Crippen LogP contribution in [0.15, 0.2) is 0 Å². The van der Waals surface area contributed by atoms with Gasteiger partial charge in [-0.25, -0.2) is 0 Å². The molecule has 0 aromatic carbocycles. The molecule has 3 fully saturated rings. The van der Waals surface area contributed by atoms with Gasteiger partial charge in [0, 0.05) is 45.3 Å². The zero-order chi connectivity index (χ0) is 12.9. The van der Waals surface area contributed by atoms with Crippen LogP contribution in [0.3, 0.4) is 0 Å². The van der Waals surface area contributed by atoms with Crippen molar-refractivity contribution in [1.29, 1.82) is 0 Å². The lowest BCUT2D eigenvalue weighted by Crippen LogP contribution is -2.51. The van der Waals surface area contributed by atoms with Crippen LogP contribution in [-0.2, 0) is 0 Å². The molecule has 0 aromatic rings. The topological polar surface area (TPSA) is 18.5 Å². The molecule has 0 radical (unpaired) electrons. The molecule has 2 aliphatic heterocycles. The average molecular weight is 302 g/mol. The van der Waals surface area contributed by atoms with E-state index in [2.05, 4.69) is 15.1 Å². The Hall–Kier alpha value is 0.170. The van der Waals surface area contributed by atoms with Crippen LogP contribution in [-0.4, -0.2) is 61.7 Å². The van der Waals surface area contributed by atoms with Gasteiger partial charge in [0.2, 0.25) is 0 Å². The molecule has 0 bridgehead atoms. The fourth-order valence-electron chi connectivity index (χ4n) is 4.17. The third kappa shape index (κ3) is 4.59. The van der Waals surface area contributed by atoms with Crippen molar-refractivity contribution in [1.82, 2.24) is 15.1 Å². The summed E-state index contributed by atoms with van der Waals surface area (Å²) in [6, 6.07) is 0.833. The Kier molecular flexibility index (Phi) is 7.09. The maximum Gasteiger partial charge on any atom is 0.0233 e. The summed E-state index contributed by atoms with van der Waals surface area (Å²) < 4.78 is 0. The molecule has 0 amide bonds. The Morgan fingerprint density at radius 2 is 1.55 bits per heavy atom. The molecule has 1 aliphatic carbocycles. The standard InChI is InChI=1S/C16H31N3.ClH/c1-2-4-6-15(5-3-1)14-18-9-11-19(12-10-18)16-7-8-17-13-16;/h15-17H,1-14H2;1H. The molecule has 1 N–H and O–H groups in total. The molecule has 2 heterocycles. The Morgan fingerprint density at radius 3 is 2.15 bits per heavy atom. The van der Waals surface area contributed by atoms with Crippen molar-refractivity contribution in [3.05, 3.63) is 0 Å². The molecule has 4 heteroatoms. The maximum atomic E-state index is 3.50. The fourth-order valence-corrected chi connectivity index (χ4v) is 4.17. The maximum absolute atomic E-state index is 3.50. The Labute approximate surface area is 130 Å². The van der Waals surface area contributed by atoms with E-state index >= 15 is 0 Å². The van der Waals surface area contributed by atoms with E-state index in [0.29, 0.717) is 0 Å². The summed E-state index contributed by atoms with van der Waals surface area (Å²) in [6.45, 7) is 9.07. The average Bonchev–Trinajstić information content (AvgIpc) is 2.86. The van der Waals surface area contributed by atoms with E-state index < -0.39 is 0 Å². The first-order valence-electron chi connectivity index (χ1n) is 8.59. The number of hydrogen-bond acceptors (Lipinski definition) is 3. The molecule has 3 rings (SSSR count). The first-order chi connectivity index (χ1) is 9.42. The number of hydrogen-bond donors (Lipinski definition) is 1. The highest BCUT2D eigenvalue weighted by Gasteiger charge is 2.26. The number of nitrogens with zero attached hydrogens (tertiary/aromatic N) is 2. The molecule has 0 spiro atoms. The van der Waals surface area contributed by atoms with E-state index in [1.165, 1.54) is 90.8 Å². The van der Waals surface area contributed by atoms with Crippen LogP contribution in [0.2, 0.25) is 0 Å². The molecule has 1 unspecified atom stereocenters. The molecular formula is C16H32ClN3. The van der Waals surface area contributed by atoms with Crippen molar-refractivity contribution in [2.75, 3.05) is 45.8 Å². The molecule has 3 nitrogen and oxygen atoms in total. The molecule has 2 saturated heterocycles. The van der Waals surface area contributed by atoms with Gasteiger partial charge >= 0.3 is 0 Å². The van der Waals surface area contributed by atoms with Crippen LogP contribution in [0.1, 0.15) is 44.9 Å². The van der Waals surface area contributed by atoms with Crippen LogP contribution in [0, 0.1) is 5.92 Å². The summed E-state index contributed by atoms with van der Waals surface area (Å²) in [7, 11) is 0. The molecule has 3 aliphatic rings. The van der Waals surface area contributed by atoms with Crippen LogP contribution in [0.4, 0.5) is 0 Å². The highest BCUT2D eigenvalue weighted by Crippen LogP contribution is 2.24. The first-order valence-corrected chi connectivity index (χ1v) is 8.59. The predicted molar refractivity (Wildman–Crippen MR) is 87.7 cm³/mol. The number of halogens is 1. The normalized spacial score (nSPS) is 30.9. The van der Waals surface area contributed by atoms with Gasteiger partial charge in [-0.15, -0.1) is 12.4 Å². The molecular weight excluding hydrogens is 270 g/mol. The summed E-state index contributed by atoms with van der Waals surface area (Å²) in [5.74, 6) is 1.00. The van der Waals surface area contributed by atoms with Gasteiger partial charge in [0.25, 0.3) is 0 Å². The molecule has 118 valence electrons. The SMILES string of the molecule is C1CCCC(CN2CCN(C3CCNC3)CC2)CC1.Cl. The van der Waals surface area contributed by atoms with Gasteiger partial charge in [-0.2, -0.15) is 0 Å². The summed E-state index contributed by atoms with van der Waals surface area (Å²) in [5.41, 5.74) is 0. The largest absolute Gasteiger partial charge is 0.315 e. The van der Waals surface area contributed by atoms with Crippen molar-refractivity contribution in [3.63, 3.8) is 0 Å². The first kappa shape index (κ1) is 16.5. The number of nitrogens with one attached hydrogen (secondary N) is 1. The van der Waals surface area contributed by atoms with Gasteiger partial charge in [-0.1, -0.05) is 25.7 Å². The smallest absolute Gasteiger partial charge is 0.0233 e. The second-order valence-corrected chi connectivity index (χ2v) is 6.84. The Balaban J connectivity index is 0.00000147. The third-order valence-electron chi connectivity index (χ3n) is 5.45. The predicted octanol–water partition coefficient (Wildman–Crippen LogP) is 2.36.